The number of anilines is 1. The van der Waals surface area contributed by atoms with Gasteiger partial charge in [0, 0.05) is 38.9 Å². The molecular weight excluding hydrogens is 304 g/mol. The van der Waals surface area contributed by atoms with Gasteiger partial charge in [0.05, 0.1) is 12.7 Å². The van der Waals surface area contributed by atoms with E-state index < -0.39 is 0 Å². The molecule has 0 unspecified atom stereocenters. The van der Waals surface area contributed by atoms with Crippen LogP contribution in [0.3, 0.4) is 0 Å². The first-order valence-electron chi connectivity index (χ1n) is 9.10. The summed E-state index contributed by atoms with van der Waals surface area (Å²) < 4.78 is 5.60. The fourth-order valence-corrected chi connectivity index (χ4v) is 3.27. The van der Waals surface area contributed by atoms with E-state index in [0.717, 1.165) is 30.9 Å². The Morgan fingerprint density at radius 1 is 1.29 bits per heavy atom. The number of piperidine rings is 1. The van der Waals surface area contributed by atoms with E-state index >= 15 is 0 Å². The van der Waals surface area contributed by atoms with Crippen molar-refractivity contribution in [2.24, 2.45) is 0 Å². The average molecular weight is 332 g/mol. The molecular formula is C18H28N4O2. The van der Waals surface area contributed by atoms with Gasteiger partial charge >= 0.3 is 6.03 Å². The first kappa shape index (κ1) is 17.0. The Bertz CT molecular complexity index is 528. The molecule has 1 aromatic heterocycles. The number of ether oxygens (including phenoxy) is 1. The molecule has 0 spiro atoms. The predicted molar refractivity (Wildman–Crippen MR) is 94.1 cm³/mol. The molecule has 3 heterocycles. The molecule has 0 bridgehead atoms. The second kappa shape index (κ2) is 8.33. The summed E-state index contributed by atoms with van der Waals surface area (Å²) in [6, 6.07) is 4.11. The van der Waals surface area contributed by atoms with E-state index in [1.165, 1.54) is 19.3 Å². The van der Waals surface area contributed by atoms with Crippen LogP contribution in [-0.4, -0.2) is 54.8 Å². The summed E-state index contributed by atoms with van der Waals surface area (Å²) in [5.74, 6) is 1.05. The topological polar surface area (TPSA) is 57.7 Å². The number of aromatic nitrogens is 1. The number of carbonyl (C=O) groups is 1. The standard InChI is InChI=1S/C18H28N4O2/c1-2-16-14-22(10-11-24-16)18(23)20-13-15-6-7-17(19-12-15)21-8-4-3-5-9-21/h6-7,12,16H,2-5,8-11,13-14H2,1H3,(H,20,23)/t16-/m0/s1. The molecule has 0 aliphatic carbocycles. The summed E-state index contributed by atoms with van der Waals surface area (Å²) in [7, 11) is 0. The largest absolute Gasteiger partial charge is 0.375 e. The maximum Gasteiger partial charge on any atom is 0.317 e. The molecule has 0 aromatic carbocycles. The van der Waals surface area contributed by atoms with Crippen molar-refractivity contribution in [3.05, 3.63) is 23.9 Å². The van der Waals surface area contributed by atoms with Crippen LogP contribution >= 0.6 is 0 Å². The lowest BCUT2D eigenvalue weighted by molar-refractivity contribution is -0.0154. The van der Waals surface area contributed by atoms with E-state index in [2.05, 4.69) is 34.3 Å². The van der Waals surface area contributed by atoms with Gasteiger partial charge in [0.15, 0.2) is 0 Å². The van der Waals surface area contributed by atoms with Crippen LogP contribution < -0.4 is 10.2 Å². The maximum atomic E-state index is 12.3. The zero-order valence-corrected chi connectivity index (χ0v) is 14.5. The SMILES string of the molecule is CC[C@H]1CN(C(=O)NCc2ccc(N3CCCCC3)nc2)CCO1. The number of pyridine rings is 1. The second-order valence-electron chi connectivity index (χ2n) is 6.58. The summed E-state index contributed by atoms with van der Waals surface area (Å²) in [4.78, 5) is 21.0. The van der Waals surface area contributed by atoms with Gasteiger partial charge in [0.1, 0.15) is 5.82 Å². The molecule has 2 saturated heterocycles. The Balaban J connectivity index is 1.48. The number of carbonyl (C=O) groups excluding carboxylic acids is 1. The Hall–Kier alpha value is -1.82. The predicted octanol–water partition coefficient (Wildman–Crippen LogP) is 2.39. The minimum atomic E-state index is -0.0168. The van der Waals surface area contributed by atoms with E-state index in [4.69, 9.17) is 4.74 Å². The summed E-state index contributed by atoms with van der Waals surface area (Å²) in [5, 5.41) is 2.99. The maximum absolute atomic E-state index is 12.3. The van der Waals surface area contributed by atoms with Crippen LogP contribution in [-0.2, 0) is 11.3 Å². The van der Waals surface area contributed by atoms with Gasteiger partial charge in [0.25, 0.3) is 0 Å². The monoisotopic (exact) mass is 332 g/mol. The molecule has 6 nitrogen and oxygen atoms in total. The molecule has 24 heavy (non-hydrogen) atoms. The van der Waals surface area contributed by atoms with E-state index in [0.29, 0.717) is 26.2 Å². The fraction of sp³-hybridized carbons (Fsp3) is 0.667. The number of morpholine rings is 1. The first-order chi connectivity index (χ1) is 11.8. The number of urea groups is 1. The van der Waals surface area contributed by atoms with Gasteiger partial charge in [0.2, 0.25) is 0 Å². The van der Waals surface area contributed by atoms with Crippen molar-refractivity contribution in [2.45, 2.75) is 45.3 Å². The van der Waals surface area contributed by atoms with Crippen molar-refractivity contribution in [1.29, 1.82) is 0 Å². The minimum Gasteiger partial charge on any atom is -0.375 e. The Kier molecular flexibility index (Phi) is 5.91. The third-order valence-electron chi connectivity index (χ3n) is 4.81. The van der Waals surface area contributed by atoms with Gasteiger partial charge in [-0.3, -0.25) is 0 Å². The van der Waals surface area contributed by atoms with Crippen LogP contribution in [0.2, 0.25) is 0 Å². The number of rotatable bonds is 4. The molecule has 2 fully saturated rings. The van der Waals surface area contributed by atoms with Crippen LogP contribution in [0, 0.1) is 0 Å². The minimum absolute atomic E-state index is 0.0168. The summed E-state index contributed by atoms with van der Waals surface area (Å²) >= 11 is 0. The number of nitrogens with zero attached hydrogens (tertiary/aromatic N) is 3. The highest BCUT2D eigenvalue weighted by Crippen LogP contribution is 2.17. The molecule has 1 atom stereocenters. The van der Waals surface area contributed by atoms with Crippen molar-refractivity contribution < 1.29 is 9.53 Å². The van der Waals surface area contributed by atoms with Gasteiger partial charge in [-0.25, -0.2) is 9.78 Å². The lowest BCUT2D eigenvalue weighted by Gasteiger charge is -2.32. The van der Waals surface area contributed by atoms with Gasteiger partial charge < -0.3 is 19.9 Å². The van der Waals surface area contributed by atoms with Crippen LogP contribution in [0.5, 0.6) is 0 Å². The van der Waals surface area contributed by atoms with Gasteiger partial charge in [-0.1, -0.05) is 13.0 Å². The van der Waals surface area contributed by atoms with E-state index in [1.807, 2.05) is 11.1 Å². The molecule has 2 amide bonds. The summed E-state index contributed by atoms with van der Waals surface area (Å²) in [6.07, 6.45) is 6.79. The lowest BCUT2D eigenvalue weighted by atomic mass is 10.1. The van der Waals surface area contributed by atoms with Crippen molar-refractivity contribution in [2.75, 3.05) is 37.7 Å². The van der Waals surface area contributed by atoms with Crippen molar-refractivity contribution in [1.82, 2.24) is 15.2 Å². The molecule has 2 aliphatic heterocycles. The molecule has 6 heteroatoms. The van der Waals surface area contributed by atoms with E-state index in [9.17, 15) is 4.79 Å². The zero-order chi connectivity index (χ0) is 16.8. The highest BCUT2D eigenvalue weighted by molar-refractivity contribution is 5.74. The van der Waals surface area contributed by atoms with Gasteiger partial charge in [-0.15, -0.1) is 0 Å². The summed E-state index contributed by atoms with van der Waals surface area (Å²) in [6.45, 7) is 6.75. The third-order valence-corrected chi connectivity index (χ3v) is 4.81. The second-order valence-corrected chi connectivity index (χ2v) is 6.58. The molecule has 1 aromatic rings. The Morgan fingerprint density at radius 2 is 2.12 bits per heavy atom. The number of hydrogen-bond acceptors (Lipinski definition) is 4. The number of nitrogens with one attached hydrogen (secondary N) is 1. The van der Waals surface area contributed by atoms with Crippen molar-refractivity contribution in [3.8, 4) is 0 Å². The van der Waals surface area contributed by atoms with E-state index in [-0.39, 0.29) is 12.1 Å². The third kappa shape index (κ3) is 4.38. The number of hydrogen-bond donors (Lipinski definition) is 1. The highest BCUT2D eigenvalue weighted by atomic mass is 16.5. The molecule has 3 rings (SSSR count). The lowest BCUT2D eigenvalue weighted by Crippen LogP contribution is -2.49. The van der Waals surface area contributed by atoms with Crippen LogP contribution in [0.1, 0.15) is 38.2 Å². The average Bonchev–Trinajstić information content (AvgIpc) is 2.67. The van der Waals surface area contributed by atoms with Gasteiger partial charge in [-0.2, -0.15) is 0 Å². The molecule has 0 saturated carbocycles. The smallest absolute Gasteiger partial charge is 0.317 e. The Labute approximate surface area is 144 Å². The quantitative estimate of drug-likeness (QED) is 0.920. The van der Waals surface area contributed by atoms with Crippen molar-refractivity contribution >= 4 is 11.8 Å². The summed E-state index contributed by atoms with van der Waals surface area (Å²) in [5.41, 5.74) is 1.03. The van der Waals surface area contributed by atoms with Crippen molar-refractivity contribution in [3.63, 3.8) is 0 Å². The molecule has 132 valence electrons. The first-order valence-corrected chi connectivity index (χ1v) is 9.10. The molecule has 0 radical (unpaired) electrons. The number of amides is 2. The normalized spacial score (nSPS) is 21.6. The molecule has 1 N–H and O–H groups in total. The zero-order valence-electron chi connectivity index (χ0n) is 14.5. The van der Waals surface area contributed by atoms with Crippen LogP contribution in [0.25, 0.3) is 0 Å². The van der Waals surface area contributed by atoms with E-state index in [1.54, 1.807) is 0 Å². The van der Waals surface area contributed by atoms with Gasteiger partial charge in [-0.05, 0) is 37.3 Å². The highest BCUT2D eigenvalue weighted by Gasteiger charge is 2.22. The van der Waals surface area contributed by atoms with Crippen LogP contribution in [0.4, 0.5) is 10.6 Å². The van der Waals surface area contributed by atoms with Crippen LogP contribution in [0.15, 0.2) is 18.3 Å². The molecule has 2 aliphatic rings. The Morgan fingerprint density at radius 3 is 2.83 bits per heavy atom. The fourth-order valence-electron chi connectivity index (χ4n) is 3.27.